The van der Waals surface area contributed by atoms with Crippen molar-refractivity contribution < 1.29 is 0 Å². The molecule has 0 saturated carbocycles. The van der Waals surface area contributed by atoms with Crippen LogP contribution in [0.2, 0.25) is 0 Å². The zero-order valence-electron chi connectivity index (χ0n) is 19.4. The fourth-order valence-electron chi connectivity index (χ4n) is 5.47. The Morgan fingerprint density at radius 3 is 2.30 bits per heavy atom. The van der Waals surface area contributed by atoms with Gasteiger partial charge in [-0.1, -0.05) is 74.1 Å². The third-order valence-corrected chi connectivity index (χ3v) is 6.25. The van der Waals surface area contributed by atoms with Crippen molar-refractivity contribution in [2.75, 3.05) is 11.4 Å². The number of rotatable bonds is 4. The summed E-state index contributed by atoms with van der Waals surface area (Å²) >= 11 is 0. The fraction of sp³-hybridized carbons (Fsp3) is 0.800. The van der Waals surface area contributed by atoms with E-state index in [2.05, 4.69) is 66.4 Å². The number of nitrogens with zero attached hydrogens (tertiary/aromatic N) is 2. The van der Waals surface area contributed by atoms with Crippen LogP contribution in [0.5, 0.6) is 0 Å². The van der Waals surface area contributed by atoms with Gasteiger partial charge in [0.05, 0.1) is 0 Å². The molecular weight excluding hydrogens is 328 g/mol. The maximum absolute atomic E-state index is 4.93. The number of hydrogen-bond donors (Lipinski definition) is 0. The van der Waals surface area contributed by atoms with Gasteiger partial charge in [-0.3, -0.25) is 0 Å². The van der Waals surface area contributed by atoms with Gasteiger partial charge in [0.25, 0.3) is 0 Å². The van der Waals surface area contributed by atoms with Crippen LogP contribution in [0.1, 0.15) is 110 Å². The van der Waals surface area contributed by atoms with Crippen LogP contribution in [0.3, 0.4) is 0 Å². The van der Waals surface area contributed by atoms with Crippen molar-refractivity contribution in [2.24, 2.45) is 10.8 Å². The van der Waals surface area contributed by atoms with E-state index in [1.54, 1.807) is 0 Å². The maximum atomic E-state index is 4.93. The first kappa shape index (κ1) is 22.2. The van der Waals surface area contributed by atoms with Gasteiger partial charge in [0.2, 0.25) is 0 Å². The zero-order chi connectivity index (χ0) is 20.2. The molecule has 154 valence electrons. The van der Waals surface area contributed by atoms with Gasteiger partial charge in [-0.2, -0.15) is 0 Å². The van der Waals surface area contributed by atoms with Crippen LogP contribution in [-0.4, -0.2) is 17.6 Å². The molecule has 2 nitrogen and oxygen atoms in total. The molecule has 2 rings (SSSR count). The van der Waals surface area contributed by atoms with Crippen molar-refractivity contribution >= 4 is 5.82 Å². The van der Waals surface area contributed by atoms with E-state index >= 15 is 0 Å². The summed E-state index contributed by atoms with van der Waals surface area (Å²) in [7, 11) is 0. The van der Waals surface area contributed by atoms with Crippen molar-refractivity contribution in [3.05, 3.63) is 23.4 Å². The number of aromatic nitrogens is 1. The highest BCUT2D eigenvalue weighted by Gasteiger charge is 2.38. The van der Waals surface area contributed by atoms with Crippen molar-refractivity contribution in [1.29, 1.82) is 0 Å². The molecule has 1 aromatic rings. The van der Waals surface area contributed by atoms with Crippen LogP contribution in [0.15, 0.2) is 12.3 Å². The quantitative estimate of drug-likeness (QED) is 0.543. The molecule has 2 heterocycles. The minimum atomic E-state index is 0.268. The third kappa shape index (κ3) is 5.96. The van der Waals surface area contributed by atoms with Gasteiger partial charge < -0.3 is 4.90 Å². The number of hydrogen-bond acceptors (Lipinski definition) is 2. The molecule has 1 fully saturated rings. The highest BCUT2D eigenvalue weighted by molar-refractivity contribution is 5.52. The Morgan fingerprint density at radius 1 is 1.04 bits per heavy atom. The Labute approximate surface area is 169 Å². The van der Waals surface area contributed by atoms with Gasteiger partial charge in [-0.15, -0.1) is 0 Å². The second-order valence-electron chi connectivity index (χ2n) is 11.0. The highest BCUT2D eigenvalue weighted by atomic mass is 15.2. The summed E-state index contributed by atoms with van der Waals surface area (Å²) in [5.41, 5.74) is 3.45. The van der Waals surface area contributed by atoms with Crippen molar-refractivity contribution in [1.82, 2.24) is 4.98 Å². The fourth-order valence-corrected chi connectivity index (χ4v) is 5.47. The summed E-state index contributed by atoms with van der Waals surface area (Å²) in [6.45, 7) is 20.2. The minimum absolute atomic E-state index is 0.268. The summed E-state index contributed by atoms with van der Waals surface area (Å²) in [6.07, 6.45) is 11.3. The molecule has 0 aromatic carbocycles. The van der Waals surface area contributed by atoms with E-state index in [1.807, 2.05) is 6.20 Å². The van der Waals surface area contributed by atoms with Gasteiger partial charge >= 0.3 is 0 Å². The Morgan fingerprint density at radius 2 is 1.67 bits per heavy atom. The molecule has 1 unspecified atom stereocenters. The standard InChI is InChI=1S/C25H44N2/c1-19(2)21-15-16-26-23(20(21)3)27-17-13-11-9-10-12-14-22(27)25(7,8)18-24(4,5)6/h15-16,19,22H,9-14,17-18H2,1-8H3. The molecule has 1 aliphatic heterocycles. The van der Waals surface area contributed by atoms with Gasteiger partial charge in [0.15, 0.2) is 0 Å². The molecule has 2 heteroatoms. The van der Waals surface area contributed by atoms with Crippen LogP contribution in [0, 0.1) is 17.8 Å². The normalized spacial score (nSPS) is 20.3. The summed E-state index contributed by atoms with van der Waals surface area (Å²) in [5, 5.41) is 0. The van der Waals surface area contributed by atoms with Crippen molar-refractivity contribution in [2.45, 2.75) is 112 Å². The van der Waals surface area contributed by atoms with Gasteiger partial charge in [-0.25, -0.2) is 4.98 Å². The van der Waals surface area contributed by atoms with E-state index in [-0.39, 0.29) is 5.41 Å². The number of pyridine rings is 1. The molecule has 0 N–H and O–H groups in total. The van der Waals surface area contributed by atoms with E-state index in [0.717, 1.165) is 6.54 Å². The van der Waals surface area contributed by atoms with Crippen LogP contribution in [-0.2, 0) is 0 Å². The van der Waals surface area contributed by atoms with Gasteiger partial charge in [-0.05, 0) is 60.1 Å². The molecule has 0 aliphatic carbocycles. The molecule has 1 aromatic heterocycles. The van der Waals surface area contributed by atoms with Crippen LogP contribution >= 0.6 is 0 Å². The lowest BCUT2D eigenvalue weighted by atomic mass is 9.70. The van der Waals surface area contributed by atoms with Crippen molar-refractivity contribution in [3.8, 4) is 0 Å². The molecule has 0 spiro atoms. The van der Waals surface area contributed by atoms with Gasteiger partial charge in [0.1, 0.15) is 5.82 Å². The predicted molar refractivity (Wildman–Crippen MR) is 120 cm³/mol. The molecule has 0 bridgehead atoms. The summed E-state index contributed by atoms with van der Waals surface area (Å²) in [5.74, 6) is 1.79. The average Bonchev–Trinajstić information content (AvgIpc) is 2.64. The summed E-state index contributed by atoms with van der Waals surface area (Å²) in [4.78, 5) is 7.64. The predicted octanol–water partition coefficient (Wildman–Crippen LogP) is 7.51. The molecule has 0 amide bonds. The molecule has 1 atom stereocenters. The molecule has 1 aliphatic rings. The van der Waals surface area contributed by atoms with Crippen LogP contribution in [0.4, 0.5) is 5.82 Å². The van der Waals surface area contributed by atoms with Crippen molar-refractivity contribution in [3.63, 3.8) is 0 Å². The second kappa shape index (κ2) is 8.97. The third-order valence-electron chi connectivity index (χ3n) is 6.25. The Kier molecular flexibility index (Phi) is 7.39. The van der Waals surface area contributed by atoms with E-state index in [0.29, 0.717) is 17.4 Å². The Balaban J connectivity index is 2.47. The first-order chi connectivity index (χ1) is 12.5. The Hall–Kier alpha value is -1.05. The van der Waals surface area contributed by atoms with Crippen LogP contribution < -0.4 is 4.90 Å². The second-order valence-corrected chi connectivity index (χ2v) is 11.0. The first-order valence-corrected chi connectivity index (χ1v) is 11.2. The maximum Gasteiger partial charge on any atom is 0.131 e. The monoisotopic (exact) mass is 372 g/mol. The van der Waals surface area contributed by atoms with Gasteiger partial charge in [0, 0.05) is 18.8 Å². The highest BCUT2D eigenvalue weighted by Crippen LogP contribution is 2.42. The molecular formula is C25H44N2. The largest absolute Gasteiger partial charge is 0.353 e. The van der Waals surface area contributed by atoms with E-state index in [9.17, 15) is 0 Å². The summed E-state index contributed by atoms with van der Waals surface area (Å²) < 4.78 is 0. The SMILES string of the molecule is Cc1c(C(C)C)ccnc1N1CCCCCCCC1C(C)(C)CC(C)(C)C. The molecule has 1 saturated heterocycles. The van der Waals surface area contributed by atoms with E-state index < -0.39 is 0 Å². The van der Waals surface area contributed by atoms with E-state index in [4.69, 9.17) is 4.98 Å². The minimum Gasteiger partial charge on any atom is -0.353 e. The molecule has 0 radical (unpaired) electrons. The van der Waals surface area contributed by atoms with Crippen LogP contribution in [0.25, 0.3) is 0 Å². The van der Waals surface area contributed by atoms with E-state index in [1.165, 1.54) is 61.9 Å². The first-order valence-electron chi connectivity index (χ1n) is 11.2. The summed E-state index contributed by atoms with van der Waals surface area (Å²) in [6, 6.07) is 2.78. The lowest BCUT2D eigenvalue weighted by molar-refractivity contribution is 0.161. The topological polar surface area (TPSA) is 16.1 Å². The smallest absolute Gasteiger partial charge is 0.131 e. The Bertz CT molecular complexity index is 595. The number of anilines is 1. The lowest BCUT2D eigenvalue weighted by Crippen LogP contribution is -2.48. The molecule has 27 heavy (non-hydrogen) atoms. The zero-order valence-corrected chi connectivity index (χ0v) is 19.4. The lowest BCUT2D eigenvalue weighted by Gasteiger charge is -2.46. The average molecular weight is 373 g/mol.